The predicted octanol–water partition coefficient (Wildman–Crippen LogP) is 0.803. The van der Waals surface area contributed by atoms with Gasteiger partial charge in [-0.2, -0.15) is 0 Å². The largest absolute Gasteiger partial charge is 0.459 e. The number of aliphatic hydroxyl groups is 1. The molecular formula is C16H18N6O3. The molecule has 4 heterocycles. The van der Waals surface area contributed by atoms with E-state index in [2.05, 4.69) is 25.1 Å². The number of hydrogen-bond acceptors (Lipinski definition) is 9. The lowest BCUT2D eigenvalue weighted by Gasteiger charge is -2.21. The molecule has 1 saturated heterocycles. The summed E-state index contributed by atoms with van der Waals surface area (Å²) >= 11 is 0. The van der Waals surface area contributed by atoms with Crippen molar-refractivity contribution < 1.29 is 13.9 Å². The first-order chi connectivity index (χ1) is 12.3. The van der Waals surface area contributed by atoms with Gasteiger partial charge in [-0.1, -0.05) is 0 Å². The topological polar surface area (TPSA) is 105 Å². The van der Waals surface area contributed by atoms with Crippen molar-refractivity contribution in [3.05, 3.63) is 42.9 Å². The number of nitrogens with zero attached hydrogens (tertiary/aromatic N) is 6. The molecule has 130 valence electrons. The third-order valence-electron chi connectivity index (χ3n) is 4.02. The van der Waals surface area contributed by atoms with Gasteiger partial charge in [0.05, 0.1) is 25.1 Å². The molecule has 0 saturated carbocycles. The van der Waals surface area contributed by atoms with E-state index >= 15 is 0 Å². The number of aliphatic hydroxyl groups excluding tert-OH is 1. The molecule has 0 amide bonds. The molecule has 4 rings (SSSR count). The second-order valence-corrected chi connectivity index (χ2v) is 5.88. The van der Waals surface area contributed by atoms with Gasteiger partial charge in [0.15, 0.2) is 5.76 Å². The van der Waals surface area contributed by atoms with E-state index in [-0.39, 0.29) is 0 Å². The fourth-order valence-electron chi connectivity index (χ4n) is 2.87. The van der Waals surface area contributed by atoms with E-state index in [0.717, 1.165) is 18.9 Å². The smallest absolute Gasteiger partial charge is 0.283 e. The van der Waals surface area contributed by atoms with Gasteiger partial charge in [0.1, 0.15) is 5.82 Å². The highest BCUT2D eigenvalue weighted by atomic mass is 16.4. The Bertz CT molecular complexity index is 791. The summed E-state index contributed by atoms with van der Waals surface area (Å²) in [5, 5.41) is 18.4. The van der Waals surface area contributed by atoms with E-state index in [1.165, 1.54) is 0 Å². The van der Waals surface area contributed by atoms with E-state index in [0.29, 0.717) is 37.2 Å². The van der Waals surface area contributed by atoms with Crippen molar-refractivity contribution in [3.63, 3.8) is 0 Å². The molecule has 1 N–H and O–H groups in total. The van der Waals surface area contributed by atoms with Crippen LogP contribution < -0.4 is 4.90 Å². The van der Waals surface area contributed by atoms with E-state index < -0.39 is 6.10 Å². The first kappa shape index (κ1) is 15.7. The van der Waals surface area contributed by atoms with Crippen LogP contribution in [0.15, 0.2) is 45.8 Å². The molecular weight excluding hydrogens is 324 g/mol. The number of β-amino-alcohol motifs (C(OH)–C–C–N with tert-alkyl or cyclic N) is 1. The summed E-state index contributed by atoms with van der Waals surface area (Å²) in [6, 6.07) is 3.54. The van der Waals surface area contributed by atoms with Crippen LogP contribution in [0.1, 0.15) is 5.89 Å². The molecule has 25 heavy (non-hydrogen) atoms. The maximum absolute atomic E-state index is 10.3. The Morgan fingerprint density at radius 2 is 2.16 bits per heavy atom. The molecule has 1 unspecified atom stereocenters. The van der Waals surface area contributed by atoms with Crippen LogP contribution in [0.3, 0.4) is 0 Å². The monoisotopic (exact) mass is 342 g/mol. The molecule has 0 aliphatic carbocycles. The minimum Gasteiger partial charge on any atom is -0.459 e. The summed E-state index contributed by atoms with van der Waals surface area (Å²) in [4.78, 5) is 12.5. The van der Waals surface area contributed by atoms with Gasteiger partial charge in [-0.15, -0.1) is 10.2 Å². The van der Waals surface area contributed by atoms with Gasteiger partial charge in [-0.3, -0.25) is 9.88 Å². The lowest BCUT2D eigenvalue weighted by molar-refractivity contribution is 0.124. The summed E-state index contributed by atoms with van der Waals surface area (Å²) in [6.45, 7) is 2.98. The van der Waals surface area contributed by atoms with E-state index in [4.69, 9.17) is 8.83 Å². The summed E-state index contributed by atoms with van der Waals surface area (Å²) < 4.78 is 10.9. The van der Waals surface area contributed by atoms with Crippen LogP contribution in [0.25, 0.3) is 11.7 Å². The molecule has 0 bridgehead atoms. The lowest BCUT2D eigenvalue weighted by Crippen LogP contribution is -2.33. The van der Waals surface area contributed by atoms with Crippen molar-refractivity contribution in [1.82, 2.24) is 25.1 Å². The zero-order chi connectivity index (χ0) is 17.1. The summed E-state index contributed by atoms with van der Waals surface area (Å²) in [6.07, 6.45) is 6.05. The van der Waals surface area contributed by atoms with Crippen LogP contribution in [0.5, 0.6) is 0 Å². The molecule has 9 nitrogen and oxygen atoms in total. The van der Waals surface area contributed by atoms with E-state index in [9.17, 15) is 5.11 Å². The third kappa shape index (κ3) is 3.67. The van der Waals surface area contributed by atoms with Crippen LogP contribution in [0.4, 0.5) is 5.82 Å². The number of anilines is 1. The van der Waals surface area contributed by atoms with Gasteiger partial charge < -0.3 is 18.8 Å². The van der Waals surface area contributed by atoms with Crippen LogP contribution in [0.2, 0.25) is 0 Å². The van der Waals surface area contributed by atoms with Crippen molar-refractivity contribution in [1.29, 1.82) is 0 Å². The first-order valence-electron chi connectivity index (χ1n) is 8.05. The minimum absolute atomic E-state index is 0.358. The van der Waals surface area contributed by atoms with E-state index in [1.807, 2.05) is 4.90 Å². The highest BCUT2D eigenvalue weighted by Gasteiger charge is 2.23. The molecule has 3 aromatic rings. The molecule has 0 aromatic carbocycles. The second-order valence-electron chi connectivity index (χ2n) is 5.88. The van der Waals surface area contributed by atoms with Crippen LogP contribution >= 0.6 is 0 Å². The van der Waals surface area contributed by atoms with Gasteiger partial charge in [-0.25, -0.2) is 4.98 Å². The molecule has 9 heteroatoms. The number of furan rings is 1. The first-order valence-corrected chi connectivity index (χ1v) is 8.05. The normalized spacial score (nSPS) is 19.1. The molecule has 1 aliphatic heterocycles. The standard InChI is InChI=1S/C16H18N6O3/c23-12-9-21(5-6-22(10-12)14-8-17-3-4-18-14)11-15-19-20-16(25-15)13-2-1-7-24-13/h1-4,7-8,12,23H,5-6,9-11H2. The van der Waals surface area contributed by atoms with Crippen molar-refractivity contribution in [3.8, 4) is 11.7 Å². The Morgan fingerprint density at radius 3 is 2.96 bits per heavy atom. The van der Waals surface area contributed by atoms with Gasteiger partial charge in [0.25, 0.3) is 5.89 Å². The molecule has 1 atom stereocenters. The van der Waals surface area contributed by atoms with Crippen LogP contribution in [-0.4, -0.2) is 62.5 Å². The zero-order valence-corrected chi connectivity index (χ0v) is 13.5. The van der Waals surface area contributed by atoms with Crippen molar-refractivity contribution in [2.45, 2.75) is 12.6 Å². The average molecular weight is 342 g/mol. The Hall–Kier alpha value is -2.78. The molecule has 0 radical (unpaired) electrons. The summed E-state index contributed by atoms with van der Waals surface area (Å²) in [7, 11) is 0. The van der Waals surface area contributed by atoms with Gasteiger partial charge in [0, 0.05) is 38.6 Å². The minimum atomic E-state index is -0.503. The SMILES string of the molecule is OC1CN(Cc2nnc(-c3ccco3)o2)CCN(c2cnccn2)C1. The second kappa shape index (κ2) is 6.99. The zero-order valence-electron chi connectivity index (χ0n) is 13.5. The number of hydrogen-bond donors (Lipinski definition) is 1. The van der Waals surface area contributed by atoms with Gasteiger partial charge in [-0.05, 0) is 12.1 Å². The number of rotatable bonds is 4. The molecule has 1 aliphatic rings. The Balaban J connectivity index is 1.42. The van der Waals surface area contributed by atoms with Crippen molar-refractivity contribution in [2.24, 2.45) is 0 Å². The lowest BCUT2D eigenvalue weighted by atomic mass is 10.3. The predicted molar refractivity (Wildman–Crippen MR) is 87.5 cm³/mol. The molecule has 0 spiro atoms. The quantitative estimate of drug-likeness (QED) is 0.737. The van der Waals surface area contributed by atoms with Crippen LogP contribution in [-0.2, 0) is 6.54 Å². The highest BCUT2D eigenvalue weighted by molar-refractivity contribution is 5.42. The van der Waals surface area contributed by atoms with Gasteiger partial charge in [0.2, 0.25) is 5.89 Å². The third-order valence-corrected chi connectivity index (χ3v) is 4.02. The summed E-state index contributed by atoms with van der Waals surface area (Å²) in [5.41, 5.74) is 0. The van der Waals surface area contributed by atoms with Crippen LogP contribution in [0, 0.1) is 0 Å². The maximum atomic E-state index is 10.3. The van der Waals surface area contributed by atoms with Crippen molar-refractivity contribution >= 4 is 5.82 Å². The molecule has 3 aromatic heterocycles. The fraction of sp³-hybridized carbons (Fsp3) is 0.375. The Labute approximate surface area is 143 Å². The Kier molecular flexibility index (Phi) is 4.40. The average Bonchev–Trinajstić information content (AvgIpc) is 3.27. The Morgan fingerprint density at radius 1 is 1.20 bits per heavy atom. The fourth-order valence-corrected chi connectivity index (χ4v) is 2.87. The highest BCUT2D eigenvalue weighted by Crippen LogP contribution is 2.19. The molecule has 1 fully saturated rings. The van der Waals surface area contributed by atoms with E-state index in [1.54, 1.807) is 37.0 Å². The summed E-state index contributed by atoms with van der Waals surface area (Å²) in [5.74, 6) is 2.16. The maximum Gasteiger partial charge on any atom is 0.283 e. The number of aromatic nitrogens is 4. The van der Waals surface area contributed by atoms with Gasteiger partial charge >= 0.3 is 0 Å². The van der Waals surface area contributed by atoms with Crippen molar-refractivity contribution in [2.75, 3.05) is 31.1 Å².